The van der Waals surface area contributed by atoms with Gasteiger partial charge in [0, 0.05) is 13.0 Å². The summed E-state index contributed by atoms with van der Waals surface area (Å²) in [7, 11) is 0. The van der Waals surface area contributed by atoms with Crippen LogP contribution in [0.15, 0.2) is 64.1 Å². The number of carboxylic acid groups (broad SMARTS) is 1. The van der Waals surface area contributed by atoms with E-state index in [9.17, 15) is 9.59 Å². The molecule has 1 aliphatic heterocycles. The van der Waals surface area contributed by atoms with Crippen LogP contribution < -0.4 is 0 Å². The largest absolute Gasteiger partial charge is 0.481 e. The molecule has 1 amide bonds. The van der Waals surface area contributed by atoms with Crippen LogP contribution in [0.25, 0.3) is 11.6 Å². The van der Waals surface area contributed by atoms with Crippen LogP contribution in [0.5, 0.6) is 0 Å². The number of carboxylic acids is 1. The molecular formula is C20H17NO4S2. The molecule has 2 aromatic rings. The van der Waals surface area contributed by atoms with Gasteiger partial charge in [-0.1, -0.05) is 54.3 Å². The lowest BCUT2D eigenvalue weighted by Gasteiger charge is -2.13. The van der Waals surface area contributed by atoms with Crippen LogP contribution in [-0.2, 0) is 9.59 Å². The fourth-order valence-electron chi connectivity index (χ4n) is 2.59. The molecule has 1 aromatic heterocycles. The quantitative estimate of drug-likeness (QED) is 0.549. The molecule has 0 radical (unpaired) electrons. The Morgan fingerprint density at radius 3 is 2.67 bits per heavy atom. The number of furan rings is 1. The number of aliphatic carboxylic acids is 1. The van der Waals surface area contributed by atoms with Crippen LogP contribution in [0.2, 0.25) is 0 Å². The van der Waals surface area contributed by atoms with Crippen molar-refractivity contribution in [1.82, 2.24) is 4.90 Å². The van der Waals surface area contributed by atoms with Crippen molar-refractivity contribution in [2.24, 2.45) is 0 Å². The van der Waals surface area contributed by atoms with Crippen molar-refractivity contribution >= 4 is 51.8 Å². The maximum absolute atomic E-state index is 12.7. The SMILES string of the molecule is O=C(O)CCCN1C(=O)/C(=C/C(=C\c2ccco2)c2ccccc2)SC1=S. The third-order valence-electron chi connectivity index (χ3n) is 3.88. The normalized spacial score (nSPS) is 16.4. The summed E-state index contributed by atoms with van der Waals surface area (Å²) in [6.07, 6.45) is 5.63. The Morgan fingerprint density at radius 2 is 2.00 bits per heavy atom. The van der Waals surface area contributed by atoms with Gasteiger partial charge in [-0.2, -0.15) is 0 Å². The predicted molar refractivity (Wildman–Crippen MR) is 110 cm³/mol. The highest BCUT2D eigenvalue weighted by atomic mass is 32.2. The van der Waals surface area contributed by atoms with Gasteiger partial charge in [0.1, 0.15) is 10.1 Å². The lowest BCUT2D eigenvalue weighted by atomic mass is 10.0. The smallest absolute Gasteiger partial charge is 0.303 e. The molecule has 0 aliphatic carbocycles. The second-order valence-electron chi connectivity index (χ2n) is 5.81. The number of allylic oxidation sites excluding steroid dienone is 2. The molecular weight excluding hydrogens is 382 g/mol. The van der Waals surface area contributed by atoms with Gasteiger partial charge in [-0.05, 0) is 41.8 Å². The highest BCUT2D eigenvalue weighted by Gasteiger charge is 2.31. The summed E-state index contributed by atoms with van der Waals surface area (Å²) in [6, 6.07) is 13.3. The number of thiocarbonyl (C=S) groups is 1. The zero-order valence-corrected chi connectivity index (χ0v) is 16.0. The number of carbonyl (C=O) groups is 2. The second-order valence-corrected chi connectivity index (χ2v) is 7.49. The van der Waals surface area contributed by atoms with Gasteiger partial charge in [-0.25, -0.2) is 0 Å². The minimum atomic E-state index is -0.885. The molecule has 0 spiro atoms. The van der Waals surface area contributed by atoms with E-state index in [2.05, 4.69) is 0 Å². The van der Waals surface area contributed by atoms with Crippen molar-refractivity contribution in [2.45, 2.75) is 12.8 Å². The summed E-state index contributed by atoms with van der Waals surface area (Å²) in [4.78, 5) is 25.4. The van der Waals surface area contributed by atoms with Crippen molar-refractivity contribution in [3.05, 3.63) is 71.0 Å². The number of benzene rings is 1. The molecule has 3 rings (SSSR count). The van der Waals surface area contributed by atoms with Gasteiger partial charge in [0.25, 0.3) is 5.91 Å². The maximum Gasteiger partial charge on any atom is 0.303 e. The lowest BCUT2D eigenvalue weighted by Crippen LogP contribution is -2.29. The molecule has 7 heteroatoms. The molecule has 1 aromatic carbocycles. The minimum absolute atomic E-state index is 0.00374. The van der Waals surface area contributed by atoms with E-state index in [0.29, 0.717) is 28.0 Å². The zero-order chi connectivity index (χ0) is 19.2. The van der Waals surface area contributed by atoms with Gasteiger partial charge in [0.15, 0.2) is 0 Å². The molecule has 27 heavy (non-hydrogen) atoms. The fourth-order valence-corrected chi connectivity index (χ4v) is 3.89. The van der Waals surface area contributed by atoms with Crippen molar-refractivity contribution < 1.29 is 19.1 Å². The molecule has 2 heterocycles. The van der Waals surface area contributed by atoms with Gasteiger partial charge < -0.3 is 9.52 Å². The molecule has 1 saturated heterocycles. The minimum Gasteiger partial charge on any atom is -0.481 e. The number of amides is 1. The first-order chi connectivity index (χ1) is 13.0. The standard InChI is InChI=1S/C20H17NO4S2/c22-18(23)9-4-10-21-19(24)17(27-20(21)26)13-15(12-16-8-5-11-25-16)14-6-2-1-3-7-14/h1-3,5-8,11-13H,4,9-10H2,(H,22,23)/b15-12+,17-13-. The van der Waals surface area contributed by atoms with Crippen LogP contribution in [0.4, 0.5) is 0 Å². The third kappa shape index (κ3) is 4.96. The van der Waals surface area contributed by atoms with Crippen molar-refractivity contribution in [1.29, 1.82) is 0 Å². The summed E-state index contributed by atoms with van der Waals surface area (Å²) in [5.41, 5.74) is 1.78. The van der Waals surface area contributed by atoms with Crippen LogP contribution in [0, 0.1) is 0 Å². The van der Waals surface area contributed by atoms with Crippen LogP contribution in [-0.4, -0.2) is 32.7 Å². The monoisotopic (exact) mass is 399 g/mol. The Bertz CT molecular complexity index is 901. The van der Waals surface area contributed by atoms with Crippen molar-refractivity contribution in [2.75, 3.05) is 6.54 Å². The zero-order valence-electron chi connectivity index (χ0n) is 14.3. The first-order valence-electron chi connectivity index (χ1n) is 8.32. The summed E-state index contributed by atoms with van der Waals surface area (Å²) < 4.78 is 5.85. The Kier molecular flexibility index (Phi) is 6.26. The van der Waals surface area contributed by atoms with E-state index < -0.39 is 5.97 Å². The molecule has 0 saturated carbocycles. The van der Waals surface area contributed by atoms with Crippen LogP contribution >= 0.6 is 24.0 Å². The molecule has 1 aliphatic rings. The summed E-state index contributed by atoms with van der Waals surface area (Å²) >= 11 is 6.53. The second kappa shape index (κ2) is 8.83. The van der Waals surface area contributed by atoms with E-state index in [1.807, 2.05) is 42.5 Å². The predicted octanol–water partition coefficient (Wildman–Crippen LogP) is 4.43. The summed E-state index contributed by atoms with van der Waals surface area (Å²) in [5.74, 6) is -0.401. The summed E-state index contributed by atoms with van der Waals surface area (Å²) in [6.45, 7) is 0.302. The number of hydrogen-bond donors (Lipinski definition) is 1. The molecule has 0 atom stereocenters. The highest BCUT2D eigenvalue weighted by Crippen LogP contribution is 2.34. The van der Waals surface area contributed by atoms with Crippen molar-refractivity contribution in [3.63, 3.8) is 0 Å². The highest BCUT2D eigenvalue weighted by molar-refractivity contribution is 8.26. The number of carbonyl (C=O) groups excluding carboxylic acids is 1. The number of rotatable bonds is 7. The molecule has 1 N–H and O–H groups in total. The number of hydrogen-bond acceptors (Lipinski definition) is 5. The van der Waals surface area contributed by atoms with Gasteiger partial charge >= 0.3 is 5.97 Å². The average molecular weight is 399 g/mol. The van der Waals surface area contributed by atoms with E-state index in [4.69, 9.17) is 21.7 Å². The summed E-state index contributed by atoms with van der Waals surface area (Å²) in [5, 5.41) is 8.77. The van der Waals surface area contributed by atoms with E-state index >= 15 is 0 Å². The number of nitrogens with zero attached hydrogens (tertiary/aromatic N) is 1. The molecule has 0 unspecified atom stereocenters. The lowest BCUT2D eigenvalue weighted by molar-refractivity contribution is -0.137. The van der Waals surface area contributed by atoms with Gasteiger partial charge in [0.05, 0.1) is 11.2 Å². The van der Waals surface area contributed by atoms with E-state index in [-0.39, 0.29) is 12.3 Å². The Labute approximate surface area is 166 Å². The van der Waals surface area contributed by atoms with E-state index in [1.54, 1.807) is 18.4 Å². The van der Waals surface area contributed by atoms with Gasteiger partial charge in [0.2, 0.25) is 0 Å². The topological polar surface area (TPSA) is 70.8 Å². The van der Waals surface area contributed by atoms with E-state index in [0.717, 1.165) is 11.1 Å². The first kappa shape index (κ1) is 19.1. The Balaban J connectivity index is 1.86. The molecule has 0 bridgehead atoms. The van der Waals surface area contributed by atoms with Crippen LogP contribution in [0.3, 0.4) is 0 Å². The Hall–Kier alpha value is -2.64. The van der Waals surface area contributed by atoms with E-state index in [1.165, 1.54) is 16.7 Å². The number of thioether (sulfide) groups is 1. The maximum atomic E-state index is 12.7. The van der Waals surface area contributed by atoms with Crippen LogP contribution in [0.1, 0.15) is 24.2 Å². The van der Waals surface area contributed by atoms with Gasteiger partial charge in [-0.15, -0.1) is 0 Å². The molecule has 1 fully saturated rings. The van der Waals surface area contributed by atoms with Crippen molar-refractivity contribution in [3.8, 4) is 0 Å². The average Bonchev–Trinajstić information content (AvgIpc) is 3.25. The Morgan fingerprint density at radius 1 is 1.22 bits per heavy atom. The third-order valence-corrected chi connectivity index (χ3v) is 5.26. The molecule has 138 valence electrons. The first-order valence-corrected chi connectivity index (χ1v) is 9.55. The van der Waals surface area contributed by atoms with Gasteiger partial charge in [-0.3, -0.25) is 14.5 Å². The molecule has 5 nitrogen and oxygen atoms in total. The fraction of sp³-hybridized carbons (Fsp3) is 0.150.